The molecule has 1 N–H and O–H groups in total. The molecule has 25 heavy (non-hydrogen) atoms. The summed E-state index contributed by atoms with van der Waals surface area (Å²) in [5.74, 6) is 0.817. The quantitative estimate of drug-likeness (QED) is 0.912. The molecule has 2 fully saturated rings. The molecule has 1 aromatic carbocycles. The molecule has 0 bridgehead atoms. The summed E-state index contributed by atoms with van der Waals surface area (Å²) in [5, 5.41) is 2.81. The Morgan fingerprint density at radius 2 is 1.88 bits per heavy atom. The van der Waals surface area contributed by atoms with Gasteiger partial charge < -0.3 is 19.9 Å². The number of amides is 3. The fourth-order valence-corrected chi connectivity index (χ4v) is 3.78. The molecule has 2 aliphatic heterocycles. The van der Waals surface area contributed by atoms with Gasteiger partial charge in [-0.1, -0.05) is 18.2 Å². The number of urea groups is 1. The van der Waals surface area contributed by atoms with Crippen molar-refractivity contribution in [2.45, 2.75) is 38.1 Å². The van der Waals surface area contributed by atoms with Crippen LogP contribution in [0.4, 0.5) is 4.79 Å². The molecule has 2 saturated heterocycles. The number of benzene rings is 1. The molecular weight excluding hydrogens is 318 g/mol. The van der Waals surface area contributed by atoms with Crippen LogP contribution in [0.5, 0.6) is 5.75 Å². The van der Waals surface area contributed by atoms with E-state index in [0.29, 0.717) is 6.54 Å². The lowest BCUT2D eigenvalue weighted by Gasteiger charge is -2.29. The van der Waals surface area contributed by atoms with Gasteiger partial charge in [0.2, 0.25) is 5.91 Å². The van der Waals surface area contributed by atoms with Crippen LogP contribution in [0, 0.1) is 0 Å². The van der Waals surface area contributed by atoms with E-state index in [-0.39, 0.29) is 24.5 Å². The number of nitrogens with zero attached hydrogens (tertiary/aromatic N) is 2. The average Bonchev–Trinajstić information content (AvgIpc) is 3.16. The second kappa shape index (κ2) is 8.23. The Morgan fingerprint density at radius 3 is 2.64 bits per heavy atom. The molecule has 136 valence electrons. The summed E-state index contributed by atoms with van der Waals surface area (Å²) in [6.45, 7) is 2.39. The summed E-state index contributed by atoms with van der Waals surface area (Å²) in [7, 11) is 1.65. The monoisotopic (exact) mass is 345 g/mol. The van der Waals surface area contributed by atoms with Crippen molar-refractivity contribution in [1.29, 1.82) is 0 Å². The van der Waals surface area contributed by atoms with Gasteiger partial charge in [-0.05, 0) is 38.2 Å². The summed E-state index contributed by atoms with van der Waals surface area (Å²) in [6, 6.07) is 7.66. The number of ether oxygens (including phenoxy) is 1. The van der Waals surface area contributed by atoms with Crippen molar-refractivity contribution in [2.75, 3.05) is 33.3 Å². The summed E-state index contributed by atoms with van der Waals surface area (Å²) in [4.78, 5) is 28.5. The number of likely N-dealkylation sites (tertiary alicyclic amines) is 2. The second-order valence-electron chi connectivity index (χ2n) is 6.69. The lowest BCUT2D eigenvalue weighted by atomic mass is 10.0. The minimum absolute atomic E-state index is 0.00115. The van der Waals surface area contributed by atoms with Gasteiger partial charge in [0.05, 0.1) is 19.7 Å². The van der Waals surface area contributed by atoms with Crippen molar-refractivity contribution in [3.8, 4) is 5.75 Å². The second-order valence-corrected chi connectivity index (χ2v) is 6.69. The average molecular weight is 345 g/mol. The highest BCUT2D eigenvalue weighted by molar-refractivity contribution is 5.84. The van der Waals surface area contributed by atoms with Gasteiger partial charge in [-0.15, -0.1) is 0 Å². The van der Waals surface area contributed by atoms with Gasteiger partial charge >= 0.3 is 6.03 Å². The van der Waals surface area contributed by atoms with Crippen molar-refractivity contribution in [3.63, 3.8) is 0 Å². The molecule has 0 radical (unpaired) electrons. The molecule has 0 unspecified atom stereocenters. The standard InChI is InChI=1S/C19H27N3O3/c1-25-17-10-4-3-8-15(17)16-9-7-13-22(16)19(24)20-14-18(23)21-11-5-2-6-12-21/h3-4,8,10,16H,2,5-7,9,11-14H2,1H3,(H,20,24)/t16-/m0/s1. The smallest absolute Gasteiger partial charge is 0.318 e. The minimum atomic E-state index is -0.168. The summed E-state index contributed by atoms with van der Waals surface area (Å²) < 4.78 is 5.44. The molecule has 0 spiro atoms. The Morgan fingerprint density at radius 1 is 1.12 bits per heavy atom. The first-order chi connectivity index (χ1) is 12.2. The fraction of sp³-hybridized carbons (Fsp3) is 0.579. The van der Waals surface area contributed by atoms with E-state index >= 15 is 0 Å². The Balaban J connectivity index is 1.60. The molecular formula is C19H27N3O3. The van der Waals surface area contributed by atoms with Crippen molar-refractivity contribution in [1.82, 2.24) is 15.1 Å². The Hall–Kier alpha value is -2.24. The van der Waals surface area contributed by atoms with Crippen LogP contribution in [-0.4, -0.2) is 55.0 Å². The maximum atomic E-state index is 12.6. The number of methoxy groups -OCH3 is 1. The summed E-state index contributed by atoms with van der Waals surface area (Å²) in [6.07, 6.45) is 5.16. The molecule has 6 nitrogen and oxygen atoms in total. The van der Waals surface area contributed by atoms with E-state index in [4.69, 9.17) is 4.74 Å². The summed E-state index contributed by atoms with van der Waals surface area (Å²) >= 11 is 0. The molecule has 2 aliphatic rings. The van der Waals surface area contributed by atoms with Crippen LogP contribution < -0.4 is 10.1 Å². The lowest BCUT2D eigenvalue weighted by molar-refractivity contribution is -0.130. The number of para-hydroxylation sites is 1. The SMILES string of the molecule is COc1ccccc1[C@@H]1CCCN1C(=O)NCC(=O)N1CCCCC1. The van der Waals surface area contributed by atoms with Crippen LogP contribution in [-0.2, 0) is 4.79 Å². The third-order valence-electron chi connectivity index (χ3n) is 5.11. The first-order valence-electron chi connectivity index (χ1n) is 9.16. The van der Waals surface area contributed by atoms with Gasteiger partial charge in [-0.25, -0.2) is 4.79 Å². The highest BCUT2D eigenvalue weighted by Crippen LogP contribution is 2.36. The van der Waals surface area contributed by atoms with Gasteiger partial charge in [0.25, 0.3) is 0 Å². The Labute approximate surface area is 149 Å². The maximum Gasteiger partial charge on any atom is 0.318 e. The zero-order chi connectivity index (χ0) is 17.6. The van der Waals surface area contributed by atoms with Crippen molar-refractivity contribution < 1.29 is 14.3 Å². The van der Waals surface area contributed by atoms with Crippen LogP contribution in [0.25, 0.3) is 0 Å². The fourth-order valence-electron chi connectivity index (χ4n) is 3.78. The van der Waals surface area contributed by atoms with Crippen LogP contribution in [0.1, 0.15) is 43.7 Å². The van der Waals surface area contributed by atoms with Crippen LogP contribution in [0.2, 0.25) is 0 Å². The highest BCUT2D eigenvalue weighted by atomic mass is 16.5. The number of carbonyl (C=O) groups excluding carboxylic acids is 2. The molecule has 6 heteroatoms. The number of piperidine rings is 1. The normalized spacial score (nSPS) is 20.4. The van der Waals surface area contributed by atoms with E-state index in [1.165, 1.54) is 6.42 Å². The molecule has 1 aromatic rings. The van der Waals surface area contributed by atoms with Crippen LogP contribution in [0.15, 0.2) is 24.3 Å². The first kappa shape index (κ1) is 17.6. The predicted octanol–water partition coefficient (Wildman–Crippen LogP) is 2.55. The number of carbonyl (C=O) groups is 2. The van der Waals surface area contributed by atoms with Gasteiger partial charge in [0, 0.05) is 25.2 Å². The number of rotatable bonds is 4. The summed E-state index contributed by atoms with van der Waals surface area (Å²) in [5.41, 5.74) is 1.03. The van der Waals surface area contributed by atoms with E-state index in [0.717, 1.165) is 50.1 Å². The third kappa shape index (κ3) is 4.06. The highest BCUT2D eigenvalue weighted by Gasteiger charge is 2.32. The van der Waals surface area contributed by atoms with E-state index < -0.39 is 0 Å². The van der Waals surface area contributed by atoms with E-state index in [2.05, 4.69) is 5.32 Å². The van der Waals surface area contributed by atoms with E-state index in [1.807, 2.05) is 34.1 Å². The lowest BCUT2D eigenvalue weighted by Crippen LogP contribution is -2.46. The number of nitrogens with one attached hydrogen (secondary N) is 1. The first-order valence-corrected chi connectivity index (χ1v) is 9.16. The van der Waals surface area contributed by atoms with E-state index in [9.17, 15) is 9.59 Å². The topological polar surface area (TPSA) is 61.9 Å². The zero-order valence-corrected chi connectivity index (χ0v) is 14.9. The van der Waals surface area contributed by atoms with Crippen LogP contribution in [0.3, 0.4) is 0 Å². The number of hydrogen-bond acceptors (Lipinski definition) is 3. The van der Waals surface area contributed by atoms with Crippen LogP contribution >= 0.6 is 0 Å². The van der Waals surface area contributed by atoms with Crippen molar-refractivity contribution in [3.05, 3.63) is 29.8 Å². The number of hydrogen-bond donors (Lipinski definition) is 1. The Bertz CT molecular complexity index is 614. The minimum Gasteiger partial charge on any atom is -0.496 e. The van der Waals surface area contributed by atoms with Gasteiger partial charge in [0.15, 0.2) is 0 Å². The van der Waals surface area contributed by atoms with Crippen molar-refractivity contribution in [2.24, 2.45) is 0 Å². The molecule has 2 heterocycles. The Kier molecular flexibility index (Phi) is 5.79. The largest absolute Gasteiger partial charge is 0.496 e. The maximum absolute atomic E-state index is 12.6. The van der Waals surface area contributed by atoms with Crippen molar-refractivity contribution >= 4 is 11.9 Å². The molecule has 3 rings (SSSR count). The third-order valence-corrected chi connectivity index (χ3v) is 5.11. The predicted molar refractivity (Wildman–Crippen MR) is 95.5 cm³/mol. The molecule has 3 amide bonds. The van der Waals surface area contributed by atoms with E-state index in [1.54, 1.807) is 7.11 Å². The molecule has 0 aliphatic carbocycles. The molecule has 1 atom stereocenters. The molecule has 0 aromatic heterocycles. The van der Waals surface area contributed by atoms with Gasteiger partial charge in [0.1, 0.15) is 5.75 Å². The van der Waals surface area contributed by atoms with Gasteiger partial charge in [-0.3, -0.25) is 4.79 Å². The van der Waals surface area contributed by atoms with Gasteiger partial charge in [-0.2, -0.15) is 0 Å². The molecule has 0 saturated carbocycles. The zero-order valence-electron chi connectivity index (χ0n) is 14.9.